The van der Waals surface area contributed by atoms with Gasteiger partial charge >= 0.3 is 0 Å². The van der Waals surface area contributed by atoms with Crippen LogP contribution in [-0.2, 0) is 0 Å². The third kappa shape index (κ3) is 4.21. The highest BCUT2D eigenvalue weighted by atomic mass is 16.5. The van der Waals surface area contributed by atoms with Crippen LogP contribution in [-0.4, -0.2) is 24.4 Å². The Bertz CT molecular complexity index is 287. The number of anilines is 1. The van der Waals surface area contributed by atoms with Crippen LogP contribution in [0.1, 0.15) is 20.3 Å². The molecule has 0 unspecified atom stereocenters. The van der Waals surface area contributed by atoms with E-state index >= 15 is 0 Å². The first-order chi connectivity index (χ1) is 7.24. The average molecular weight is 209 g/mol. The fourth-order valence-electron chi connectivity index (χ4n) is 1.27. The van der Waals surface area contributed by atoms with Gasteiger partial charge in [-0.05, 0) is 32.4 Å². The highest BCUT2D eigenvalue weighted by Crippen LogP contribution is 2.24. The van der Waals surface area contributed by atoms with Crippen LogP contribution in [0, 0.1) is 0 Å². The zero-order valence-corrected chi connectivity index (χ0v) is 9.36. The number of ether oxygens (including phenoxy) is 1. The fourth-order valence-corrected chi connectivity index (χ4v) is 1.27. The van der Waals surface area contributed by atoms with Gasteiger partial charge in [0.25, 0.3) is 0 Å². The Hall–Kier alpha value is -1.22. The predicted octanol–water partition coefficient (Wildman–Crippen LogP) is 2.27. The SMILES string of the molecule is CC(C)Oc1ccccc1NCCCO. The minimum atomic E-state index is 0.172. The van der Waals surface area contributed by atoms with Gasteiger partial charge in [-0.15, -0.1) is 0 Å². The number of hydrogen-bond donors (Lipinski definition) is 2. The van der Waals surface area contributed by atoms with Crippen LogP contribution in [0.15, 0.2) is 24.3 Å². The van der Waals surface area contributed by atoms with E-state index in [0.717, 1.165) is 24.4 Å². The minimum absolute atomic E-state index is 0.172. The van der Waals surface area contributed by atoms with Crippen LogP contribution in [0.25, 0.3) is 0 Å². The van der Waals surface area contributed by atoms with Gasteiger partial charge in [0.1, 0.15) is 5.75 Å². The number of para-hydroxylation sites is 2. The molecule has 1 aromatic rings. The molecule has 3 nitrogen and oxygen atoms in total. The molecule has 0 radical (unpaired) electrons. The summed E-state index contributed by atoms with van der Waals surface area (Å²) in [6.07, 6.45) is 0.918. The molecule has 1 rings (SSSR count). The average Bonchev–Trinajstić information content (AvgIpc) is 2.20. The maximum Gasteiger partial charge on any atom is 0.142 e. The molecule has 0 fully saturated rings. The minimum Gasteiger partial charge on any atom is -0.489 e. The summed E-state index contributed by atoms with van der Waals surface area (Å²) >= 11 is 0. The normalized spacial score (nSPS) is 10.4. The van der Waals surface area contributed by atoms with Crippen LogP contribution in [0.2, 0.25) is 0 Å². The van der Waals surface area contributed by atoms with Gasteiger partial charge in [-0.3, -0.25) is 0 Å². The molecule has 0 aliphatic carbocycles. The predicted molar refractivity (Wildman–Crippen MR) is 62.4 cm³/mol. The Morgan fingerprint density at radius 2 is 2.07 bits per heavy atom. The first-order valence-corrected chi connectivity index (χ1v) is 5.34. The smallest absolute Gasteiger partial charge is 0.142 e. The van der Waals surface area contributed by atoms with E-state index < -0.39 is 0 Å². The summed E-state index contributed by atoms with van der Waals surface area (Å²) in [5.74, 6) is 0.866. The summed E-state index contributed by atoms with van der Waals surface area (Å²) in [7, 11) is 0. The molecule has 84 valence electrons. The van der Waals surface area contributed by atoms with E-state index in [4.69, 9.17) is 9.84 Å². The maximum absolute atomic E-state index is 8.69. The van der Waals surface area contributed by atoms with E-state index in [1.807, 2.05) is 38.1 Å². The Kier molecular flexibility index (Phi) is 4.98. The molecule has 1 aromatic carbocycles. The van der Waals surface area contributed by atoms with Crippen molar-refractivity contribution in [2.75, 3.05) is 18.5 Å². The number of hydrogen-bond acceptors (Lipinski definition) is 3. The summed E-state index contributed by atoms with van der Waals surface area (Å²) in [4.78, 5) is 0. The molecule has 0 amide bonds. The zero-order chi connectivity index (χ0) is 11.1. The zero-order valence-electron chi connectivity index (χ0n) is 9.36. The number of nitrogens with one attached hydrogen (secondary N) is 1. The Labute approximate surface area is 91.1 Å². The molecule has 2 N–H and O–H groups in total. The lowest BCUT2D eigenvalue weighted by molar-refractivity contribution is 0.243. The number of benzene rings is 1. The summed E-state index contributed by atoms with van der Waals surface area (Å²) < 4.78 is 5.65. The highest BCUT2D eigenvalue weighted by molar-refractivity contribution is 5.56. The molecule has 0 aliphatic rings. The highest BCUT2D eigenvalue weighted by Gasteiger charge is 2.03. The molecule has 0 aromatic heterocycles. The summed E-state index contributed by atoms with van der Waals surface area (Å²) in [5, 5.41) is 11.9. The standard InChI is InChI=1S/C12H19NO2/c1-10(2)15-12-7-4-3-6-11(12)13-8-5-9-14/h3-4,6-7,10,13-14H,5,8-9H2,1-2H3. The Morgan fingerprint density at radius 3 is 2.73 bits per heavy atom. The van der Waals surface area contributed by atoms with E-state index in [9.17, 15) is 0 Å². The first-order valence-electron chi connectivity index (χ1n) is 5.34. The van der Waals surface area contributed by atoms with Gasteiger partial charge in [-0.1, -0.05) is 12.1 Å². The molecular formula is C12H19NO2. The van der Waals surface area contributed by atoms with Crippen LogP contribution in [0.4, 0.5) is 5.69 Å². The van der Waals surface area contributed by atoms with Crippen molar-refractivity contribution in [2.45, 2.75) is 26.4 Å². The Morgan fingerprint density at radius 1 is 1.33 bits per heavy atom. The fraction of sp³-hybridized carbons (Fsp3) is 0.500. The van der Waals surface area contributed by atoms with Crippen LogP contribution in [0.3, 0.4) is 0 Å². The van der Waals surface area contributed by atoms with Crippen molar-refractivity contribution < 1.29 is 9.84 Å². The number of aliphatic hydroxyl groups is 1. The summed E-state index contributed by atoms with van der Waals surface area (Å²) in [5.41, 5.74) is 0.986. The van der Waals surface area contributed by atoms with Crippen LogP contribution in [0.5, 0.6) is 5.75 Å². The van der Waals surface area contributed by atoms with Crippen molar-refractivity contribution >= 4 is 5.69 Å². The second kappa shape index (κ2) is 6.30. The molecule has 0 bridgehead atoms. The van der Waals surface area contributed by atoms with Crippen molar-refractivity contribution in [1.29, 1.82) is 0 Å². The number of aliphatic hydroxyl groups excluding tert-OH is 1. The van der Waals surface area contributed by atoms with Gasteiger partial charge in [-0.25, -0.2) is 0 Å². The lowest BCUT2D eigenvalue weighted by Crippen LogP contribution is -2.09. The van der Waals surface area contributed by atoms with Crippen molar-refractivity contribution in [3.8, 4) is 5.75 Å². The molecular weight excluding hydrogens is 190 g/mol. The van der Waals surface area contributed by atoms with E-state index in [1.165, 1.54) is 0 Å². The van der Waals surface area contributed by atoms with Gasteiger partial charge < -0.3 is 15.2 Å². The summed E-state index contributed by atoms with van der Waals surface area (Å²) in [6.45, 7) is 4.98. The van der Waals surface area contributed by atoms with Gasteiger partial charge in [0.2, 0.25) is 0 Å². The van der Waals surface area contributed by atoms with E-state index in [2.05, 4.69) is 5.32 Å². The molecule has 0 saturated carbocycles. The first kappa shape index (κ1) is 11.9. The monoisotopic (exact) mass is 209 g/mol. The second-order valence-electron chi connectivity index (χ2n) is 3.67. The van der Waals surface area contributed by atoms with Crippen molar-refractivity contribution in [3.05, 3.63) is 24.3 Å². The van der Waals surface area contributed by atoms with Crippen molar-refractivity contribution in [3.63, 3.8) is 0 Å². The van der Waals surface area contributed by atoms with Gasteiger partial charge in [-0.2, -0.15) is 0 Å². The second-order valence-corrected chi connectivity index (χ2v) is 3.67. The van der Waals surface area contributed by atoms with E-state index in [1.54, 1.807) is 0 Å². The third-order valence-electron chi connectivity index (χ3n) is 1.90. The third-order valence-corrected chi connectivity index (χ3v) is 1.90. The van der Waals surface area contributed by atoms with Gasteiger partial charge in [0.05, 0.1) is 11.8 Å². The van der Waals surface area contributed by atoms with Crippen molar-refractivity contribution in [2.24, 2.45) is 0 Å². The topological polar surface area (TPSA) is 41.5 Å². The molecule has 3 heteroatoms. The largest absolute Gasteiger partial charge is 0.489 e. The molecule has 0 spiro atoms. The molecule has 0 heterocycles. The molecule has 15 heavy (non-hydrogen) atoms. The lowest BCUT2D eigenvalue weighted by atomic mass is 10.3. The van der Waals surface area contributed by atoms with Crippen molar-refractivity contribution in [1.82, 2.24) is 0 Å². The molecule has 0 atom stereocenters. The summed E-state index contributed by atoms with van der Waals surface area (Å²) in [6, 6.07) is 7.85. The quantitative estimate of drug-likeness (QED) is 0.706. The number of rotatable bonds is 6. The maximum atomic E-state index is 8.69. The van der Waals surface area contributed by atoms with E-state index in [0.29, 0.717) is 0 Å². The van der Waals surface area contributed by atoms with Gasteiger partial charge in [0, 0.05) is 13.2 Å². The van der Waals surface area contributed by atoms with Gasteiger partial charge in [0.15, 0.2) is 0 Å². The van der Waals surface area contributed by atoms with Crippen LogP contribution >= 0.6 is 0 Å². The van der Waals surface area contributed by atoms with E-state index in [-0.39, 0.29) is 12.7 Å². The lowest BCUT2D eigenvalue weighted by Gasteiger charge is -2.15. The Balaban J connectivity index is 2.60. The molecule has 0 saturated heterocycles. The van der Waals surface area contributed by atoms with Crippen LogP contribution < -0.4 is 10.1 Å². The molecule has 0 aliphatic heterocycles.